The summed E-state index contributed by atoms with van der Waals surface area (Å²) >= 11 is 5.99. The summed E-state index contributed by atoms with van der Waals surface area (Å²) in [7, 11) is -0.798. The summed E-state index contributed by atoms with van der Waals surface area (Å²) in [5.74, 6) is 0.303. The lowest BCUT2D eigenvalue weighted by molar-refractivity contribution is -0.117. The zero-order chi connectivity index (χ0) is 22.4. The van der Waals surface area contributed by atoms with Crippen LogP contribution >= 0.6 is 11.6 Å². The molecule has 1 amide bonds. The SMILES string of the molecule is COc1ccc([C@@H](CC(=O)Nc2cccc(Cl)c2)N(C)S(=O)(=O)c2ccccc2)cc1. The van der Waals surface area contributed by atoms with E-state index in [-0.39, 0.29) is 17.2 Å². The Morgan fingerprint density at radius 3 is 2.32 bits per heavy atom. The molecule has 162 valence electrons. The number of nitrogens with zero attached hydrogens (tertiary/aromatic N) is 1. The Balaban J connectivity index is 1.91. The van der Waals surface area contributed by atoms with Gasteiger partial charge in [-0.15, -0.1) is 0 Å². The van der Waals surface area contributed by atoms with Crippen LogP contribution in [0, 0.1) is 0 Å². The summed E-state index contributed by atoms with van der Waals surface area (Å²) in [4.78, 5) is 13.0. The van der Waals surface area contributed by atoms with E-state index in [4.69, 9.17) is 16.3 Å². The van der Waals surface area contributed by atoms with Crippen molar-refractivity contribution in [3.63, 3.8) is 0 Å². The predicted octanol–water partition coefficient (Wildman–Crippen LogP) is 4.74. The molecule has 0 bridgehead atoms. The Bertz CT molecular complexity index is 1140. The Morgan fingerprint density at radius 1 is 1.03 bits per heavy atom. The molecule has 0 aliphatic carbocycles. The third kappa shape index (κ3) is 5.64. The number of benzene rings is 3. The van der Waals surface area contributed by atoms with Gasteiger partial charge >= 0.3 is 0 Å². The molecule has 0 saturated carbocycles. The van der Waals surface area contributed by atoms with Gasteiger partial charge in [0.1, 0.15) is 5.75 Å². The van der Waals surface area contributed by atoms with Gasteiger partial charge in [0.15, 0.2) is 0 Å². The molecule has 1 atom stereocenters. The molecule has 8 heteroatoms. The second-order valence-corrected chi connectivity index (χ2v) is 9.32. The highest BCUT2D eigenvalue weighted by atomic mass is 35.5. The topological polar surface area (TPSA) is 75.7 Å². The van der Waals surface area contributed by atoms with Gasteiger partial charge in [0, 0.05) is 24.2 Å². The van der Waals surface area contributed by atoms with Gasteiger partial charge in [-0.05, 0) is 48.0 Å². The lowest BCUT2D eigenvalue weighted by Gasteiger charge is -2.28. The van der Waals surface area contributed by atoms with Crippen molar-refractivity contribution >= 4 is 33.2 Å². The number of sulfonamides is 1. The first-order valence-corrected chi connectivity index (χ1v) is 11.4. The molecule has 0 unspecified atom stereocenters. The molecule has 0 radical (unpaired) electrons. The monoisotopic (exact) mass is 458 g/mol. The first-order valence-electron chi connectivity index (χ1n) is 9.53. The van der Waals surface area contributed by atoms with Crippen molar-refractivity contribution in [3.05, 3.63) is 89.4 Å². The zero-order valence-electron chi connectivity index (χ0n) is 17.2. The second-order valence-electron chi connectivity index (χ2n) is 6.89. The molecule has 3 aromatic carbocycles. The summed E-state index contributed by atoms with van der Waals surface area (Å²) in [6.07, 6.45) is -0.0819. The maximum absolute atomic E-state index is 13.2. The largest absolute Gasteiger partial charge is 0.497 e. The van der Waals surface area contributed by atoms with E-state index >= 15 is 0 Å². The lowest BCUT2D eigenvalue weighted by Crippen LogP contribution is -2.33. The van der Waals surface area contributed by atoms with Crippen molar-refractivity contribution in [2.75, 3.05) is 19.5 Å². The van der Waals surface area contributed by atoms with Crippen LogP contribution in [-0.4, -0.2) is 32.8 Å². The van der Waals surface area contributed by atoms with E-state index in [0.717, 1.165) is 0 Å². The lowest BCUT2D eigenvalue weighted by atomic mass is 10.0. The molecule has 0 heterocycles. The van der Waals surface area contributed by atoms with Crippen molar-refractivity contribution in [2.24, 2.45) is 0 Å². The van der Waals surface area contributed by atoms with E-state index in [1.807, 2.05) is 0 Å². The fourth-order valence-electron chi connectivity index (χ4n) is 3.16. The Morgan fingerprint density at radius 2 is 1.71 bits per heavy atom. The van der Waals surface area contributed by atoms with Crippen LogP contribution in [0.15, 0.2) is 83.8 Å². The molecular formula is C23H23ClN2O4S. The smallest absolute Gasteiger partial charge is 0.243 e. The maximum Gasteiger partial charge on any atom is 0.243 e. The molecule has 0 aliphatic rings. The van der Waals surface area contributed by atoms with Gasteiger partial charge in [0.25, 0.3) is 0 Å². The Kier molecular flexibility index (Phi) is 7.33. The third-order valence-corrected chi connectivity index (χ3v) is 6.96. The average molecular weight is 459 g/mol. The number of hydrogen-bond acceptors (Lipinski definition) is 4. The number of halogens is 1. The van der Waals surface area contributed by atoms with Gasteiger partial charge in [0.2, 0.25) is 15.9 Å². The molecule has 0 spiro atoms. The van der Waals surface area contributed by atoms with Gasteiger partial charge in [-0.25, -0.2) is 8.42 Å². The minimum Gasteiger partial charge on any atom is -0.497 e. The molecular weight excluding hydrogens is 436 g/mol. The molecule has 3 rings (SSSR count). The predicted molar refractivity (Wildman–Crippen MR) is 122 cm³/mol. The van der Waals surface area contributed by atoms with E-state index in [1.54, 1.807) is 73.8 Å². The van der Waals surface area contributed by atoms with E-state index in [1.165, 1.54) is 23.5 Å². The molecule has 1 N–H and O–H groups in total. The van der Waals surface area contributed by atoms with Crippen molar-refractivity contribution in [3.8, 4) is 5.75 Å². The van der Waals surface area contributed by atoms with Crippen LogP contribution in [0.25, 0.3) is 0 Å². The highest BCUT2D eigenvalue weighted by molar-refractivity contribution is 7.89. The second kappa shape index (κ2) is 9.96. The maximum atomic E-state index is 13.2. The highest BCUT2D eigenvalue weighted by Gasteiger charge is 2.31. The standard InChI is InChI=1S/C23H23ClN2O4S/c1-26(31(28,29)21-9-4-3-5-10-21)22(17-11-13-20(30-2)14-12-17)16-23(27)25-19-8-6-7-18(24)15-19/h3-15,22H,16H2,1-2H3,(H,25,27)/t22-/m1/s1. The van der Waals surface area contributed by atoms with Gasteiger partial charge < -0.3 is 10.1 Å². The van der Waals surface area contributed by atoms with E-state index < -0.39 is 16.1 Å². The van der Waals surface area contributed by atoms with Gasteiger partial charge in [-0.2, -0.15) is 4.31 Å². The summed E-state index contributed by atoms with van der Waals surface area (Å²) in [5.41, 5.74) is 1.21. The van der Waals surface area contributed by atoms with Gasteiger partial charge in [-0.3, -0.25) is 4.79 Å². The van der Waals surface area contributed by atoms with Crippen LogP contribution in [0.1, 0.15) is 18.0 Å². The summed E-state index contributed by atoms with van der Waals surface area (Å²) in [5, 5.41) is 3.28. The molecule has 3 aromatic rings. The van der Waals surface area contributed by atoms with E-state index in [9.17, 15) is 13.2 Å². The van der Waals surface area contributed by atoms with Crippen molar-refractivity contribution in [1.29, 1.82) is 0 Å². The number of carbonyl (C=O) groups excluding carboxylic acids is 1. The fraction of sp³-hybridized carbons (Fsp3) is 0.174. The Hall–Kier alpha value is -2.87. The van der Waals surface area contributed by atoms with Gasteiger partial charge in [-0.1, -0.05) is 48.0 Å². The first-order chi connectivity index (χ1) is 14.8. The van der Waals surface area contributed by atoms with Crippen LogP contribution < -0.4 is 10.1 Å². The van der Waals surface area contributed by atoms with Crippen molar-refractivity contribution in [1.82, 2.24) is 4.31 Å². The highest BCUT2D eigenvalue weighted by Crippen LogP contribution is 2.30. The molecule has 0 aromatic heterocycles. The van der Waals surface area contributed by atoms with Crippen LogP contribution in [-0.2, 0) is 14.8 Å². The zero-order valence-corrected chi connectivity index (χ0v) is 18.7. The normalized spacial score (nSPS) is 12.4. The Labute approximate surface area is 187 Å². The van der Waals surface area contributed by atoms with E-state index in [2.05, 4.69) is 5.32 Å². The number of ether oxygens (including phenoxy) is 1. The molecule has 31 heavy (non-hydrogen) atoms. The van der Waals surface area contributed by atoms with Crippen molar-refractivity contribution < 1.29 is 17.9 Å². The number of carbonyl (C=O) groups is 1. The minimum absolute atomic E-state index is 0.0819. The van der Waals surface area contributed by atoms with Crippen LogP contribution in [0.2, 0.25) is 5.02 Å². The summed E-state index contributed by atoms with van der Waals surface area (Å²) in [6, 6.07) is 21.2. The number of methoxy groups -OCH3 is 1. The van der Waals surface area contributed by atoms with Crippen LogP contribution in [0.4, 0.5) is 5.69 Å². The summed E-state index contributed by atoms with van der Waals surface area (Å²) < 4.78 is 32.8. The third-order valence-electron chi connectivity index (χ3n) is 4.85. The first kappa shape index (κ1) is 22.8. The number of hydrogen-bond donors (Lipinski definition) is 1. The fourth-order valence-corrected chi connectivity index (χ4v) is 4.72. The van der Waals surface area contributed by atoms with E-state index in [0.29, 0.717) is 22.0 Å². The quantitative estimate of drug-likeness (QED) is 0.529. The summed E-state index contributed by atoms with van der Waals surface area (Å²) in [6.45, 7) is 0. The molecule has 6 nitrogen and oxygen atoms in total. The van der Waals surface area contributed by atoms with Crippen molar-refractivity contribution in [2.45, 2.75) is 17.4 Å². The molecule has 0 fully saturated rings. The number of amides is 1. The van der Waals surface area contributed by atoms with Crippen LogP contribution in [0.5, 0.6) is 5.75 Å². The van der Waals surface area contributed by atoms with Gasteiger partial charge in [0.05, 0.1) is 18.0 Å². The number of nitrogens with one attached hydrogen (secondary N) is 1. The minimum atomic E-state index is -3.83. The number of rotatable bonds is 8. The van der Waals surface area contributed by atoms with Crippen LogP contribution in [0.3, 0.4) is 0 Å². The molecule has 0 aliphatic heterocycles. The average Bonchev–Trinajstić information content (AvgIpc) is 2.77. The number of anilines is 1. The molecule has 0 saturated heterocycles.